The number of benzene rings is 2. The third-order valence-electron chi connectivity index (χ3n) is 4.30. The number of carbonyl (C=O) groups is 1. The number of fused-ring (bicyclic) bond motifs is 1. The highest BCUT2D eigenvalue weighted by molar-refractivity contribution is 5.99. The maximum atomic E-state index is 12.6. The quantitative estimate of drug-likeness (QED) is 0.741. The molecule has 0 radical (unpaired) electrons. The molecule has 25 heavy (non-hydrogen) atoms. The first-order chi connectivity index (χ1) is 12.2. The molecule has 5 heteroatoms. The minimum Gasteiger partial charge on any atom is -0.470 e. The summed E-state index contributed by atoms with van der Waals surface area (Å²) in [5.74, 6) is 0.319. The lowest BCUT2D eigenvalue weighted by atomic mass is 10.0. The van der Waals surface area contributed by atoms with Gasteiger partial charge in [0.25, 0.3) is 5.91 Å². The molecular weight excluding hydrogens is 314 g/mol. The summed E-state index contributed by atoms with van der Waals surface area (Å²) in [4.78, 5) is 18.4. The fourth-order valence-electron chi connectivity index (χ4n) is 2.91. The number of hydrogen-bond acceptors (Lipinski definition) is 4. The normalized spacial score (nSPS) is 14.0. The van der Waals surface area contributed by atoms with Crippen molar-refractivity contribution in [2.45, 2.75) is 6.10 Å². The lowest BCUT2D eigenvalue weighted by Crippen LogP contribution is -2.56. The summed E-state index contributed by atoms with van der Waals surface area (Å²) < 4.78 is 5.73. The van der Waals surface area contributed by atoms with Gasteiger partial charge in [0.1, 0.15) is 17.7 Å². The number of likely N-dealkylation sites (tertiary alicyclic amines) is 1. The molecule has 3 aromatic rings. The third kappa shape index (κ3) is 2.90. The number of nitriles is 1. The molecule has 1 amide bonds. The fourth-order valence-corrected chi connectivity index (χ4v) is 2.91. The van der Waals surface area contributed by atoms with Gasteiger partial charge in [-0.05, 0) is 35.0 Å². The highest BCUT2D eigenvalue weighted by Crippen LogP contribution is 2.22. The molecule has 0 saturated carbocycles. The van der Waals surface area contributed by atoms with Gasteiger partial charge in [0.2, 0.25) is 5.88 Å². The standard InChI is InChI=1S/C20H15N3O2/c21-11-17-6-3-9-22-19(17)25-18-12-23(13-18)20(24)16-8-7-14-4-1-2-5-15(14)10-16/h1-10,18H,12-13H2. The number of amides is 1. The molecule has 1 aliphatic rings. The number of hydrogen-bond donors (Lipinski definition) is 0. The molecule has 0 aliphatic carbocycles. The zero-order valence-electron chi connectivity index (χ0n) is 13.4. The lowest BCUT2D eigenvalue weighted by Gasteiger charge is -2.38. The van der Waals surface area contributed by atoms with Crippen LogP contribution in [-0.4, -0.2) is 35.0 Å². The van der Waals surface area contributed by atoms with Crippen molar-refractivity contribution in [3.05, 3.63) is 71.9 Å². The van der Waals surface area contributed by atoms with Crippen molar-refractivity contribution in [3.8, 4) is 11.9 Å². The van der Waals surface area contributed by atoms with E-state index in [1.54, 1.807) is 23.2 Å². The summed E-state index contributed by atoms with van der Waals surface area (Å²) >= 11 is 0. The number of carbonyl (C=O) groups excluding carboxylic acids is 1. The number of pyridine rings is 1. The van der Waals surface area contributed by atoms with Crippen molar-refractivity contribution in [1.82, 2.24) is 9.88 Å². The first-order valence-electron chi connectivity index (χ1n) is 8.04. The van der Waals surface area contributed by atoms with E-state index in [1.807, 2.05) is 42.5 Å². The molecule has 1 aliphatic heterocycles. The highest BCUT2D eigenvalue weighted by atomic mass is 16.5. The van der Waals surface area contributed by atoms with Gasteiger partial charge < -0.3 is 9.64 Å². The Morgan fingerprint density at radius 3 is 2.72 bits per heavy atom. The van der Waals surface area contributed by atoms with Crippen LogP contribution in [0.15, 0.2) is 60.8 Å². The molecule has 2 heterocycles. The van der Waals surface area contributed by atoms with E-state index in [2.05, 4.69) is 11.1 Å². The first-order valence-corrected chi connectivity index (χ1v) is 8.04. The van der Waals surface area contributed by atoms with Gasteiger partial charge in [0.05, 0.1) is 13.1 Å². The summed E-state index contributed by atoms with van der Waals surface area (Å²) in [6.07, 6.45) is 1.46. The minimum atomic E-state index is -0.133. The number of nitrogens with zero attached hydrogens (tertiary/aromatic N) is 3. The Kier molecular flexibility index (Phi) is 3.79. The van der Waals surface area contributed by atoms with E-state index in [0.717, 1.165) is 10.8 Å². The second-order valence-electron chi connectivity index (χ2n) is 5.98. The lowest BCUT2D eigenvalue weighted by molar-refractivity contribution is 0.0159. The molecule has 0 spiro atoms. The Balaban J connectivity index is 1.43. The summed E-state index contributed by atoms with van der Waals surface area (Å²) in [7, 11) is 0. The molecular formula is C20H15N3O2. The van der Waals surface area contributed by atoms with Crippen molar-refractivity contribution in [2.24, 2.45) is 0 Å². The Bertz CT molecular complexity index is 987. The Labute approximate surface area is 145 Å². The summed E-state index contributed by atoms with van der Waals surface area (Å²) in [5, 5.41) is 11.2. The van der Waals surface area contributed by atoms with Gasteiger partial charge in [-0.2, -0.15) is 5.26 Å². The van der Waals surface area contributed by atoms with Gasteiger partial charge >= 0.3 is 0 Å². The molecule has 2 aromatic carbocycles. The molecule has 1 fully saturated rings. The number of rotatable bonds is 3. The molecule has 0 bridgehead atoms. The second kappa shape index (κ2) is 6.25. The van der Waals surface area contributed by atoms with E-state index < -0.39 is 0 Å². The van der Waals surface area contributed by atoms with Gasteiger partial charge in [-0.15, -0.1) is 0 Å². The summed E-state index contributed by atoms with van der Waals surface area (Å²) in [6, 6.07) is 19.1. The van der Waals surface area contributed by atoms with Crippen molar-refractivity contribution in [2.75, 3.05) is 13.1 Å². The van der Waals surface area contributed by atoms with Gasteiger partial charge in [-0.3, -0.25) is 4.79 Å². The van der Waals surface area contributed by atoms with Crippen LogP contribution in [0.2, 0.25) is 0 Å². The second-order valence-corrected chi connectivity index (χ2v) is 5.98. The van der Waals surface area contributed by atoms with Crippen molar-refractivity contribution < 1.29 is 9.53 Å². The largest absolute Gasteiger partial charge is 0.470 e. The first kappa shape index (κ1) is 15.2. The topological polar surface area (TPSA) is 66.2 Å². The SMILES string of the molecule is N#Cc1cccnc1OC1CN(C(=O)c2ccc3ccccc3c2)C1. The Hall–Kier alpha value is -3.39. The maximum absolute atomic E-state index is 12.6. The molecule has 1 aromatic heterocycles. The highest BCUT2D eigenvalue weighted by Gasteiger charge is 2.33. The van der Waals surface area contributed by atoms with Crippen LogP contribution in [0.5, 0.6) is 5.88 Å². The van der Waals surface area contributed by atoms with Crippen LogP contribution in [0.3, 0.4) is 0 Å². The van der Waals surface area contributed by atoms with Crippen molar-refractivity contribution in [3.63, 3.8) is 0 Å². The number of aromatic nitrogens is 1. The van der Waals surface area contributed by atoms with E-state index in [1.165, 1.54) is 0 Å². The van der Waals surface area contributed by atoms with Crippen LogP contribution in [-0.2, 0) is 0 Å². The fraction of sp³-hybridized carbons (Fsp3) is 0.150. The molecule has 0 N–H and O–H groups in total. The molecule has 5 nitrogen and oxygen atoms in total. The van der Waals surface area contributed by atoms with Crippen molar-refractivity contribution >= 4 is 16.7 Å². The Morgan fingerprint density at radius 2 is 1.92 bits per heavy atom. The smallest absolute Gasteiger partial charge is 0.254 e. The van der Waals surface area contributed by atoms with Gasteiger partial charge in [0.15, 0.2) is 0 Å². The van der Waals surface area contributed by atoms with Crippen LogP contribution >= 0.6 is 0 Å². The van der Waals surface area contributed by atoms with Gasteiger partial charge in [-0.25, -0.2) is 4.98 Å². The summed E-state index contributed by atoms with van der Waals surface area (Å²) in [5.41, 5.74) is 1.08. The van der Waals surface area contributed by atoms with Crippen LogP contribution in [0.4, 0.5) is 0 Å². The average molecular weight is 329 g/mol. The van der Waals surface area contributed by atoms with Crippen LogP contribution < -0.4 is 4.74 Å². The van der Waals surface area contributed by atoms with Gasteiger partial charge in [0, 0.05) is 11.8 Å². The minimum absolute atomic E-state index is 0.00729. The van der Waals surface area contributed by atoms with E-state index in [0.29, 0.717) is 30.1 Å². The predicted octanol–water partition coefficient (Wildman–Crippen LogP) is 3.01. The third-order valence-corrected chi connectivity index (χ3v) is 4.30. The Morgan fingerprint density at radius 1 is 1.12 bits per heavy atom. The van der Waals surface area contributed by atoms with E-state index in [4.69, 9.17) is 10.00 Å². The zero-order chi connectivity index (χ0) is 17.2. The van der Waals surface area contributed by atoms with Crippen molar-refractivity contribution in [1.29, 1.82) is 5.26 Å². The van der Waals surface area contributed by atoms with E-state index in [9.17, 15) is 4.79 Å². The van der Waals surface area contributed by atoms with Crippen LogP contribution in [0.1, 0.15) is 15.9 Å². The number of ether oxygens (including phenoxy) is 1. The maximum Gasteiger partial charge on any atom is 0.254 e. The molecule has 1 saturated heterocycles. The monoisotopic (exact) mass is 329 g/mol. The van der Waals surface area contributed by atoms with Gasteiger partial charge in [-0.1, -0.05) is 30.3 Å². The predicted molar refractivity (Wildman–Crippen MR) is 93.2 cm³/mol. The molecule has 4 rings (SSSR count). The van der Waals surface area contributed by atoms with E-state index in [-0.39, 0.29) is 12.0 Å². The average Bonchev–Trinajstić information content (AvgIpc) is 2.63. The van der Waals surface area contributed by atoms with Crippen LogP contribution in [0, 0.1) is 11.3 Å². The zero-order valence-corrected chi connectivity index (χ0v) is 13.4. The van der Waals surface area contributed by atoms with E-state index >= 15 is 0 Å². The summed E-state index contributed by atoms with van der Waals surface area (Å²) in [6.45, 7) is 0.986. The molecule has 0 unspecified atom stereocenters. The van der Waals surface area contributed by atoms with Crippen LogP contribution in [0.25, 0.3) is 10.8 Å². The molecule has 122 valence electrons. The molecule has 0 atom stereocenters.